The molecule has 35 heavy (non-hydrogen) atoms. The molecule has 3 heterocycles. The van der Waals surface area contributed by atoms with Crippen LogP contribution < -0.4 is 5.01 Å². The molecule has 2 aliphatic rings. The van der Waals surface area contributed by atoms with Crippen LogP contribution in [0.1, 0.15) is 29.3 Å². The molecule has 1 aromatic carbocycles. The van der Waals surface area contributed by atoms with Gasteiger partial charge in [0.05, 0.1) is 18.3 Å². The predicted molar refractivity (Wildman–Crippen MR) is 131 cm³/mol. The number of carbonyl (C=O) groups excluding carboxylic acids is 2. The van der Waals surface area contributed by atoms with E-state index >= 15 is 0 Å². The van der Waals surface area contributed by atoms with E-state index in [2.05, 4.69) is 38.5 Å². The highest BCUT2D eigenvalue weighted by Gasteiger charge is 2.22. The largest absolute Gasteiger partial charge is 0.461 e. The van der Waals surface area contributed by atoms with Gasteiger partial charge < -0.3 is 9.64 Å². The van der Waals surface area contributed by atoms with Crippen molar-refractivity contribution in [2.75, 3.05) is 51.4 Å². The van der Waals surface area contributed by atoms with Crippen molar-refractivity contribution in [3.05, 3.63) is 58.9 Å². The van der Waals surface area contributed by atoms with Gasteiger partial charge in [-0.25, -0.2) is 5.01 Å². The molecule has 0 N–H and O–H groups in total. The summed E-state index contributed by atoms with van der Waals surface area (Å²) in [6.45, 7) is 8.46. The van der Waals surface area contributed by atoms with E-state index in [-0.39, 0.29) is 11.9 Å². The van der Waals surface area contributed by atoms with Crippen molar-refractivity contribution in [3.63, 3.8) is 0 Å². The maximum Gasteiger partial charge on any atom is 0.302 e. The molecule has 1 fully saturated rings. The molecule has 0 unspecified atom stereocenters. The number of hydrogen-bond acceptors (Lipinski definition) is 9. The maximum absolute atomic E-state index is 12.8. The normalized spacial score (nSPS) is 16.1. The minimum absolute atomic E-state index is 0.110. The number of nitrogens with zero attached hydrogens (tertiary/aromatic N) is 7. The molecule has 186 valence electrons. The summed E-state index contributed by atoms with van der Waals surface area (Å²) in [6.07, 6.45) is 2.96. The fourth-order valence-electron chi connectivity index (χ4n) is 4.16. The topological polar surface area (TPSA) is 93.9 Å². The first-order valence-corrected chi connectivity index (χ1v) is 11.9. The van der Waals surface area contributed by atoms with Gasteiger partial charge in [-0.3, -0.25) is 24.5 Å². The number of benzene rings is 1. The molecular weight excluding hydrogens is 446 g/mol. The van der Waals surface area contributed by atoms with Gasteiger partial charge in [-0.05, 0) is 47.4 Å². The van der Waals surface area contributed by atoms with Crippen LogP contribution in [0.15, 0.2) is 47.0 Å². The predicted octanol–water partition coefficient (Wildman–Crippen LogP) is 2.37. The third-order valence-electron chi connectivity index (χ3n) is 6.36. The number of piperazine rings is 1. The fraction of sp³-hybridized carbons (Fsp3) is 0.480. The molecule has 4 rings (SSSR count). The van der Waals surface area contributed by atoms with Gasteiger partial charge in [0.1, 0.15) is 13.3 Å². The molecule has 10 nitrogen and oxygen atoms in total. The number of ether oxygens (including phenoxy) is 1. The molecule has 0 spiro atoms. The summed E-state index contributed by atoms with van der Waals surface area (Å²) in [5.41, 5.74) is 5.02. The van der Waals surface area contributed by atoms with Crippen molar-refractivity contribution in [1.82, 2.24) is 19.8 Å². The first-order valence-electron chi connectivity index (χ1n) is 11.9. The van der Waals surface area contributed by atoms with Crippen molar-refractivity contribution in [2.24, 2.45) is 10.4 Å². The first-order chi connectivity index (χ1) is 16.9. The van der Waals surface area contributed by atoms with Crippen LogP contribution >= 0.6 is 0 Å². The Labute approximate surface area is 206 Å². The molecule has 1 saturated heterocycles. The molecule has 0 atom stereocenters. The van der Waals surface area contributed by atoms with Crippen LogP contribution in [0.25, 0.3) is 0 Å². The van der Waals surface area contributed by atoms with Gasteiger partial charge in [-0.2, -0.15) is 0 Å². The van der Waals surface area contributed by atoms with E-state index in [9.17, 15) is 9.59 Å². The van der Waals surface area contributed by atoms with E-state index in [1.807, 2.05) is 31.0 Å². The molecule has 1 amide bonds. The molecule has 10 heteroatoms. The monoisotopic (exact) mass is 479 g/mol. The van der Waals surface area contributed by atoms with Crippen LogP contribution in [0, 0.1) is 6.92 Å². The number of aromatic nitrogens is 1. The van der Waals surface area contributed by atoms with Crippen LogP contribution in [-0.4, -0.2) is 78.1 Å². The summed E-state index contributed by atoms with van der Waals surface area (Å²) in [4.78, 5) is 32.7. The Kier molecular flexibility index (Phi) is 7.91. The van der Waals surface area contributed by atoms with Gasteiger partial charge in [0.2, 0.25) is 5.91 Å². The molecule has 0 bridgehead atoms. The molecule has 1 aromatic heterocycles. The summed E-state index contributed by atoms with van der Waals surface area (Å²) >= 11 is 0. The lowest BCUT2D eigenvalue weighted by Crippen LogP contribution is -2.49. The number of aryl methyl sites for hydroxylation is 1. The van der Waals surface area contributed by atoms with Crippen LogP contribution in [0.5, 0.6) is 0 Å². The Bertz CT molecular complexity index is 1070. The van der Waals surface area contributed by atoms with E-state index in [4.69, 9.17) is 4.74 Å². The fourth-order valence-corrected chi connectivity index (χ4v) is 4.16. The maximum atomic E-state index is 12.8. The van der Waals surface area contributed by atoms with Crippen molar-refractivity contribution in [2.45, 2.75) is 33.3 Å². The summed E-state index contributed by atoms with van der Waals surface area (Å²) < 4.78 is 5.16. The van der Waals surface area contributed by atoms with Crippen LogP contribution in [0.2, 0.25) is 0 Å². The second-order valence-corrected chi connectivity index (χ2v) is 9.08. The summed E-state index contributed by atoms with van der Waals surface area (Å²) in [5.74, 6) is -0.156. The number of carbonyl (C=O) groups is 2. The van der Waals surface area contributed by atoms with Gasteiger partial charge in [-0.15, -0.1) is 0 Å². The zero-order chi connectivity index (χ0) is 24.8. The molecule has 0 aliphatic carbocycles. The number of pyridine rings is 1. The zero-order valence-corrected chi connectivity index (χ0v) is 20.7. The highest BCUT2D eigenvalue weighted by atomic mass is 16.5. The van der Waals surface area contributed by atoms with E-state index in [0.29, 0.717) is 19.7 Å². The highest BCUT2D eigenvalue weighted by Crippen LogP contribution is 2.19. The Morgan fingerprint density at radius 3 is 2.51 bits per heavy atom. The van der Waals surface area contributed by atoms with Gasteiger partial charge in [0, 0.05) is 52.4 Å². The van der Waals surface area contributed by atoms with Crippen molar-refractivity contribution in [1.29, 1.82) is 0 Å². The average molecular weight is 480 g/mol. The minimum Gasteiger partial charge on any atom is -0.461 e. The SMILES string of the molecule is CC(=O)OCc1cc(CCN2CCN(C(=O)Cc3ccc(N4CN(C)N=N4)cn3)CC2)ccc1C. The Balaban J connectivity index is 1.21. The summed E-state index contributed by atoms with van der Waals surface area (Å²) in [5, 5.41) is 11.5. The lowest BCUT2D eigenvalue weighted by Gasteiger charge is -2.34. The van der Waals surface area contributed by atoms with Gasteiger partial charge >= 0.3 is 5.97 Å². The smallest absolute Gasteiger partial charge is 0.302 e. The molecular formula is C25H33N7O3. The Hall–Kier alpha value is -3.53. The summed E-state index contributed by atoms with van der Waals surface area (Å²) in [6, 6.07) is 10.2. The lowest BCUT2D eigenvalue weighted by atomic mass is 10.0. The second kappa shape index (κ2) is 11.3. The standard InChI is InChI=1S/C25H33N7O3/c1-19-4-5-21(14-22(19)17-35-20(2)33)8-9-30-10-12-31(13-11-30)25(34)15-23-6-7-24(16-26-23)32-18-29(3)27-28-32/h4-7,14,16H,8-13,15,17-18H2,1-3H3. The molecule has 0 saturated carbocycles. The van der Waals surface area contributed by atoms with Gasteiger partial charge in [-0.1, -0.05) is 23.4 Å². The van der Waals surface area contributed by atoms with Crippen LogP contribution in [0.3, 0.4) is 0 Å². The van der Waals surface area contributed by atoms with Gasteiger partial charge in [0.15, 0.2) is 0 Å². The lowest BCUT2D eigenvalue weighted by molar-refractivity contribution is -0.142. The Morgan fingerprint density at radius 2 is 1.86 bits per heavy atom. The highest BCUT2D eigenvalue weighted by molar-refractivity contribution is 5.78. The van der Waals surface area contributed by atoms with Crippen molar-refractivity contribution < 1.29 is 14.3 Å². The van der Waals surface area contributed by atoms with Crippen molar-refractivity contribution >= 4 is 17.6 Å². The number of anilines is 1. The van der Waals surface area contributed by atoms with E-state index in [0.717, 1.165) is 61.7 Å². The molecule has 2 aliphatic heterocycles. The first kappa shape index (κ1) is 24.6. The number of esters is 1. The third-order valence-corrected chi connectivity index (χ3v) is 6.36. The Morgan fingerprint density at radius 1 is 1.06 bits per heavy atom. The third kappa shape index (κ3) is 6.75. The molecule has 0 radical (unpaired) electrons. The second-order valence-electron chi connectivity index (χ2n) is 9.08. The minimum atomic E-state index is -0.266. The van der Waals surface area contributed by atoms with Crippen molar-refractivity contribution in [3.8, 4) is 0 Å². The summed E-state index contributed by atoms with van der Waals surface area (Å²) in [7, 11) is 1.86. The van der Waals surface area contributed by atoms with E-state index in [1.54, 1.807) is 16.2 Å². The number of hydrogen-bond donors (Lipinski definition) is 0. The van der Waals surface area contributed by atoms with E-state index < -0.39 is 0 Å². The average Bonchev–Trinajstić information content (AvgIpc) is 3.29. The molecule has 2 aromatic rings. The van der Waals surface area contributed by atoms with E-state index in [1.165, 1.54) is 12.5 Å². The zero-order valence-electron chi connectivity index (χ0n) is 20.7. The quantitative estimate of drug-likeness (QED) is 0.537. The van der Waals surface area contributed by atoms with Gasteiger partial charge in [0.25, 0.3) is 0 Å². The van der Waals surface area contributed by atoms with Crippen LogP contribution in [-0.2, 0) is 33.8 Å². The number of rotatable bonds is 8. The number of amides is 1. The van der Waals surface area contributed by atoms with Crippen LogP contribution in [0.4, 0.5) is 5.69 Å².